The Kier molecular flexibility index (Phi) is 5.44. The minimum Gasteiger partial charge on any atom is -0.497 e. The Labute approximate surface area is 175 Å². The van der Waals surface area contributed by atoms with Crippen LogP contribution < -0.4 is 20.3 Å². The van der Waals surface area contributed by atoms with Gasteiger partial charge in [0.15, 0.2) is 5.13 Å². The molecule has 0 aliphatic heterocycles. The van der Waals surface area contributed by atoms with Crippen molar-refractivity contribution in [3.8, 4) is 22.8 Å². The van der Waals surface area contributed by atoms with Gasteiger partial charge in [0.05, 0.1) is 30.1 Å². The van der Waals surface area contributed by atoms with Crippen molar-refractivity contribution in [1.29, 1.82) is 0 Å². The molecule has 152 valence electrons. The van der Waals surface area contributed by atoms with E-state index in [1.165, 1.54) is 17.4 Å². The van der Waals surface area contributed by atoms with Gasteiger partial charge < -0.3 is 14.8 Å². The second kappa shape index (κ2) is 8.34. The quantitative estimate of drug-likeness (QED) is 0.513. The van der Waals surface area contributed by atoms with Gasteiger partial charge in [0.2, 0.25) is 5.91 Å². The van der Waals surface area contributed by atoms with Crippen LogP contribution in [0.15, 0.2) is 59.4 Å². The number of amides is 1. The number of nitrogens with one attached hydrogen (secondary N) is 1. The van der Waals surface area contributed by atoms with Crippen molar-refractivity contribution in [1.82, 2.24) is 14.8 Å². The molecule has 0 fully saturated rings. The Bertz CT molecular complexity index is 1250. The molecule has 0 unspecified atom stereocenters. The van der Waals surface area contributed by atoms with Gasteiger partial charge in [-0.3, -0.25) is 9.59 Å². The van der Waals surface area contributed by atoms with Crippen molar-refractivity contribution in [2.75, 3.05) is 19.5 Å². The Morgan fingerprint density at radius 1 is 1.10 bits per heavy atom. The first-order chi connectivity index (χ1) is 14.6. The van der Waals surface area contributed by atoms with E-state index >= 15 is 0 Å². The molecule has 4 rings (SSSR count). The zero-order chi connectivity index (χ0) is 21.1. The number of aromatic nitrogens is 3. The minimum atomic E-state index is -0.387. The van der Waals surface area contributed by atoms with Crippen LogP contribution in [0.1, 0.15) is 0 Å². The summed E-state index contributed by atoms with van der Waals surface area (Å²) in [6, 6.07) is 15.9. The number of carbonyl (C=O) groups is 1. The van der Waals surface area contributed by atoms with Crippen molar-refractivity contribution in [2.45, 2.75) is 6.54 Å². The molecular weight excluding hydrogens is 404 g/mol. The number of hydrogen-bond acceptors (Lipinski definition) is 7. The highest BCUT2D eigenvalue weighted by atomic mass is 32.1. The number of methoxy groups -OCH3 is 2. The molecular formula is C21H18N4O4S. The van der Waals surface area contributed by atoms with E-state index in [2.05, 4.69) is 15.4 Å². The van der Waals surface area contributed by atoms with Gasteiger partial charge in [-0.1, -0.05) is 23.5 Å². The maximum absolute atomic E-state index is 12.5. The summed E-state index contributed by atoms with van der Waals surface area (Å²) in [4.78, 5) is 29.1. The third-order valence-corrected chi connectivity index (χ3v) is 5.34. The van der Waals surface area contributed by atoms with E-state index in [4.69, 9.17) is 9.47 Å². The Hall–Kier alpha value is -3.72. The number of para-hydroxylation sites is 1. The first-order valence-corrected chi connectivity index (χ1v) is 9.85. The van der Waals surface area contributed by atoms with Crippen LogP contribution in [0.5, 0.6) is 11.5 Å². The lowest BCUT2D eigenvalue weighted by molar-refractivity contribution is -0.117. The van der Waals surface area contributed by atoms with Crippen molar-refractivity contribution in [2.24, 2.45) is 0 Å². The standard InChI is InChI=1S/C21H18N4O4S/c1-28-13-7-8-14(17(11-13)29-2)15-9-10-20(27)25(24-15)12-19(26)23-21-22-16-5-3-4-6-18(16)30-21/h3-11H,12H2,1-2H3,(H,22,23,26). The molecule has 1 N–H and O–H groups in total. The summed E-state index contributed by atoms with van der Waals surface area (Å²) < 4.78 is 12.7. The van der Waals surface area contributed by atoms with Gasteiger partial charge in [0.25, 0.3) is 5.56 Å². The number of ether oxygens (including phenoxy) is 2. The van der Waals surface area contributed by atoms with E-state index in [0.717, 1.165) is 14.9 Å². The average molecular weight is 422 g/mol. The number of carbonyl (C=O) groups excluding carboxylic acids is 1. The predicted molar refractivity (Wildman–Crippen MR) is 115 cm³/mol. The molecule has 9 heteroatoms. The largest absolute Gasteiger partial charge is 0.497 e. The van der Waals surface area contributed by atoms with E-state index in [-0.39, 0.29) is 18.0 Å². The van der Waals surface area contributed by atoms with E-state index in [1.54, 1.807) is 38.5 Å². The molecule has 2 heterocycles. The number of thiazole rings is 1. The molecule has 1 amide bonds. The molecule has 0 bridgehead atoms. The van der Waals surface area contributed by atoms with E-state index in [9.17, 15) is 9.59 Å². The highest BCUT2D eigenvalue weighted by molar-refractivity contribution is 7.22. The summed E-state index contributed by atoms with van der Waals surface area (Å²) in [5.41, 5.74) is 1.60. The van der Waals surface area contributed by atoms with Crippen LogP contribution in [-0.4, -0.2) is 34.9 Å². The lowest BCUT2D eigenvalue weighted by Gasteiger charge is -2.11. The van der Waals surface area contributed by atoms with Gasteiger partial charge >= 0.3 is 0 Å². The molecule has 0 aliphatic rings. The SMILES string of the molecule is COc1ccc(-c2ccc(=O)n(CC(=O)Nc3nc4ccccc4s3)n2)c(OC)c1. The number of anilines is 1. The molecule has 30 heavy (non-hydrogen) atoms. The van der Waals surface area contributed by atoms with Gasteiger partial charge in [-0.05, 0) is 30.3 Å². The smallest absolute Gasteiger partial charge is 0.267 e. The molecule has 0 spiro atoms. The fourth-order valence-corrected chi connectivity index (χ4v) is 3.82. The molecule has 2 aromatic carbocycles. The van der Waals surface area contributed by atoms with Crippen LogP contribution in [0.4, 0.5) is 5.13 Å². The van der Waals surface area contributed by atoms with Gasteiger partial charge in [-0.25, -0.2) is 9.67 Å². The molecule has 0 atom stereocenters. The van der Waals surface area contributed by atoms with Gasteiger partial charge in [0, 0.05) is 17.7 Å². The summed E-state index contributed by atoms with van der Waals surface area (Å²) in [5.74, 6) is 0.799. The van der Waals surface area contributed by atoms with Crippen LogP contribution in [-0.2, 0) is 11.3 Å². The molecule has 0 aliphatic carbocycles. The summed E-state index contributed by atoms with van der Waals surface area (Å²) in [6.45, 7) is -0.235. The molecule has 0 radical (unpaired) electrons. The highest BCUT2D eigenvalue weighted by Crippen LogP contribution is 2.31. The third-order valence-electron chi connectivity index (χ3n) is 4.38. The van der Waals surface area contributed by atoms with Crippen molar-refractivity contribution in [3.05, 3.63) is 65.0 Å². The van der Waals surface area contributed by atoms with Gasteiger partial charge in [-0.2, -0.15) is 5.10 Å². The van der Waals surface area contributed by atoms with Crippen molar-refractivity contribution < 1.29 is 14.3 Å². The lowest BCUT2D eigenvalue weighted by atomic mass is 10.1. The summed E-state index contributed by atoms with van der Waals surface area (Å²) in [5, 5.41) is 7.54. The van der Waals surface area contributed by atoms with E-state index in [1.807, 2.05) is 24.3 Å². The van der Waals surface area contributed by atoms with Gasteiger partial charge in [-0.15, -0.1) is 0 Å². The molecule has 4 aromatic rings. The number of nitrogens with zero attached hydrogens (tertiary/aromatic N) is 3. The topological polar surface area (TPSA) is 95.3 Å². The summed E-state index contributed by atoms with van der Waals surface area (Å²) in [7, 11) is 3.11. The monoisotopic (exact) mass is 422 g/mol. The molecule has 2 aromatic heterocycles. The number of rotatable bonds is 6. The van der Waals surface area contributed by atoms with Crippen LogP contribution in [0.3, 0.4) is 0 Å². The summed E-state index contributed by atoms with van der Waals surface area (Å²) in [6.07, 6.45) is 0. The fraction of sp³-hybridized carbons (Fsp3) is 0.143. The highest BCUT2D eigenvalue weighted by Gasteiger charge is 2.13. The van der Waals surface area contributed by atoms with Crippen molar-refractivity contribution in [3.63, 3.8) is 0 Å². The van der Waals surface area contributed by atoms with Crippen LogP contribution in [0.2, 0.25) is 0 Å². The fourth-order valence-electron chi connectivity index (χ4n) is 2.94. The Morgan fingerprint density at radius 2 is 1.93 bits per heavy atom. The summed E-state index contributed by atoms with van der Waals surface area (Å²) >= 11 is 1.37. The van der Waals surface area contributed by atoms with Crippen molar-refractivity contribution >= 4 is 32.6 Å². The van der Waals surface area contributed by atoms with Gasteiger partial charge in [0.1, 0.15) is 18.0 Å². The maximum atomic E-state index is 12.5. The third kappa shape index (κ3) is 4.01. The first kappa shape index (κ1) is 19.6. The second-order valence-electron chi connectivity index (χ2n) is 6.32. The number of hydrogen-bond donors (Lipinski definition) is 1. The lowest BCUT2D eigenvalue weighted by Crippen LogP contribution is -2.29. The Morgan fingerprint density at radius 3 is 2.70 bits per heavy atom. The Balaban J connectivity index is 1.57. The average Bonchev–Trinajstić information content (AvgIpc) is 3.17. The first-order valence-electron chi connectivity index (χ1n) is 9.03. The normalized spacial score (nSPS) is 10.7. The minimum absolute atomic E-state index is 0.235. The zero-order valence-electron chi connectivity index (χ0n) is 16.3. The van der Waals surface area contributed by atoms with Crippen LogP contribution in [0.25, 0.3) is 21.5 Å². The number of fused-ring (bicyclic) bond motifs is 1. The zero-order valence-corrected chi connectivity index (χ0v) is 17.1. The molecule has 0 saturated carbocycles. The molecule has 8 nitrogen and oxygen atoms in total. The number of benzene rings is 2. The van der Waals surface area contributed by atoms with Crippen LogP contribution >= 0.6 is 11.3 Å². The predicted octanol–water partition coefficient (Wildman–Crippen LogP) is 3.18. The van der Waals surface area contributed by atoms with E-state index < -0.39 is 0 Å². The second-order valence-corrected chi connectivity index (χ2v) is 7.35. The maximum Gasteiger partial charge on any atom is 0.267 e. The van der Waals surface area contributed by atoms with E-state index in [0.29, 0.717) is 27.9 Å². The molecule has 0 saturated heterocycles. The van der Waals surface area contributed by atoms with Crippen LogP contribution in [0, 0.1) is 0 Å².